The maximum absolute atomic E-state index is 11.8. The Kier molecular flexibility index (Phi) is 5.08. The number of sulfone groups is 1. The molecule has 0 aliphatic carbocycles. The van der Waals surface area contributed by atoms with Gasteiger partial charge in [-0.05, 0) is 30.2 Å². The summed E-state index contributed by atoms with van der Waals surface area (Å²) in [6.45, 7) is 3.89. The summed E-state index contributed by atoms with van der Waals surface area (Å²) < 4.78 is 22.5. The second-order valence-corrected chi connectivity index (χ2v) is 6.83. The lowest BCUT2D eigenvalue weighted by Crippen LogP contribution is -2.34. The molecule has 0 aromatic heterocycles. The molecule has 1 atom stereocenters. The third-order valence-corrected chi connectivity index (χ3v) is 3.91. The standard InChI is InChI=1S/C13H19NO4S/c1-9(2)12(15)8-14-13(16)10-4-6-11(7-5-10)19(3,17)18/h4-7,9,12,15H,8H2,1-3H3,(H,14,16). The lowest BCUT2D eigenvalue weighted by Gasteiger charge is -2.15. The number of aliphatic hydroxyl groups is 1. The first-order valence-corrected chi connectivity index (χ1v) is 7.87. The quantitative estimate of drug-likeness (QED) is 0.839. The van der Waals surface area contributed by atoms with Crippen LogP contribution in [0, 0.1) is 5.92 Å². The van der Waals surface area contributed by atoms with Gasteiger partial charge in [-0.25, -0.2) is 8.42 Å². The first kappa shape index (κ1) is 15.7. The van der Waals surface area contributed by atoms with Gasteiger partial charge < -0.3 is 10.4 Å². The minimum Gasteiger partial charge on any atom is -0.391 e. The fourth-order valence-electron chi connectivity index (χ4n) is 1.39. The van der Waals surface area contributed by atoms with Crippen LogP contribution in [-0.4, -0.2) is 38.3 Å². The summed E-state index contributed by atoms with van der Waals surface area (Å²) in [6.07, 6.45) is 0.514. The van der Waals surface area contributed by atoms with Crippen molar-refractivity contribution in [3.63, 3.8) is 0 Å². The van der Waals surface area contributed by atoms with E-state index in [-0.39, 0.29) is 23.3 Å². The number of aliphatic hydroxyl groups excluding tert-OH is 1. The van der Waals surface area contributed by atoms with Crippen LogP contribution < -0.4 is 5.32 Å². The van der Waals surface area contributed by atoms with Crippen molar-refractivity contribution in [1.29, 1.82) is 0 Å². The van der Waals surface area contributed by atoms with Crippen molar-refractivity contribution in [3.8, 4) is 0 Å². The minimum absolute atomic E-state index is 0.0629. The Hall–Kier alpha value is -1.40. The second-order valence-electron chi connectivity index (χ2n) is 4.82. The van der Waals surface area contributed by atoms with E-state index in [0.717, 1.165) is 6.26 Å². The van der Waals surface area contributed by atoms with Crippen LogP contribution in [0.1, 0.15) is 24.2 Å². The zero-order valence-corrected chi connectivity index (χ0v) is 12.1. The molecular formula is C13H19NO4S. The van der Waals surface area contributed by atoms with Gasteiger partial charge in [0, 0.05) is 18.4 Å². The second kappa shape index (κ2) is 6.16. The van der Waals surface area contributed by atoms with Crippen molar-refractivity contribution in [3.05, 3.63) is 29.8 Å². The zero-order valence-electron chi connectivity index (χ0n) is 11.3. The minimum atomic E-state index is -3.25. The highest BCUT2D eigenvalue weighted by Gasteiger charge is 2.13. The Morgan fingerprint density at radius 3 is 2.21 bits per heavy atom. The Morgan fingerprint density at radius 2 is 1.79 bits per heavy atom. The molecule has 0 saturated carbocycles. The smallest absolute Gasteiger partial charge is 0.251 e. The summed E-state index contributed by atoms with van der Waals surface area (Å²) >= 11 is 0. The van der Waals surface area contributed by atoms with Crippen LogP contribution in [-0.2, 0) is 9.84 Å². The molecule has 19 heavy (non-hydrogen) atoms. The van der Waals surface area contributed by atoms with Crippen LogP contribution in [0.25, 0.3) is 0 Å². The molecule has 106 valence electrons. The van der Waals surface area contributed by atoms with Crippen molar-refractivity contribution < 1.29 is 18.3 Å². The van der Waals surface area contributed by atoms with E-state index in [0.29, 0.717) is 5.56 Å². The number of nitrogens with one attached hydrogen (secondary N) is 1. The summed E-state index contributed by atoms with van der Waals surface area (Å²) in [5, 5.41) is 12.2. The van der Waals surface area contributed by atoms with Gasteiger partial charge in [-0.2, -0.15) is 0 Å². The van der Waals surface area contributed by atoms with Crippen molar-refractivity contribution >= 4 is 15.7 Å². The van der Waals surface area contributed by atoms with Gasteiger partial charge in [-0.1, -0.05) is 13.8 Å². The van der Waals surface area contributed by atoms with E-state index in [4.69, 9.17) is 0 Å². The van der Waals surface area contributed by atoms with Gasteiger partial charge in [0.25, 0.3) is 5.91 Å². The highest BCUT2D eigenvalue weighted by Crippen LogP contribution is 2.10. The number of benzene rings is 1. The van der Waals surface area contributed by atoms with E-state index in [9.17, 15) is 18.3 Å². The van der Waals surface area contributed by atoms with Gasteiger partial charge in [0.2, 0.25) is 0 Å². The molecule has 5 nitrogen and oxygen atoms in total. The SMILES string of the molecule is CC(C)C(O)CNC(=O)c1ccc(S(C)(=O)=O)cc1. The monoisotopic (exact) mass is 285 g/mol. The molecule has 0 radical (unpaired) electrons. The molecule has 1 aromatic rings. The predicted octanol–water partition coefficient (Wildman–Crippen LogP) is 0.837. The Bertz CT molecular complexity index is 534. The van der Waals surface area contributed by atoms with Gasteiger partial charge in [-0.15, -0.1) is 0 Å². The van der Waals surface area contributed by atoms with Gasteiger partial charge in [0.1, 0.15) is 0 Å². The molecule has 2 N–H and O–H groups in total. The van der Waals surface area contributed by atoms with E-state index in [2.05, 4.69) is 5.32 Å². The largest absolute Gasteiger partial charge is 0.391 e. The first-order valence-electron chi connectivity index (χ1n) is 5.98. The maximum Gasteiger partial charge on any atom is 0.251 e. The summed E-state index contributed by atoms with van der Waals surface area (Å²) in [5.74, 6) is -0.271. The molecule has 1 aromatic carbocycles. The number of hydrogen-bond acceptors (Lipinski definition) is 4. The molecule has 0 bridgehead atoms. The van der Waals surface area contributed by atoms with Crippen LogP contribution in [0.5, 0.6) is 0 Å². The molecule has 0 spiro atoms. The number of amides is 1. The number of hydrogen-bond donors (Lipinski definition) is 2. The third-order valence-electron chi connectivity index (χ3n) is 2.79. The molecule has 0 fully saturated rings. The van der Waals surface area contributed by atoms with E-state index in [1.165, 1.54) is 24.3 Å². The molecule has 1 amide bonds. The molecule has 0 aliphatic heterocycles. The average Bonchev–Trinajstić information content (AvgIpc) is 2.34. The highest BCUT2D eigenvalue weighted by atomic mass is 32.2. The van der Waals surface area contributed by atoms with Crippen molar-refractivity contribution in [2.24, 2.45) is 5.92 Å². The summed E-state index contributed by atoms with van der Waals surface area (Å²) in [7, 11) is -3.25. The van der Waals surface area contributed by atoms with E-state index >= 15 is 0 Å². The molecule has 1 unspecified atom stereocenters. The number of carbonyl (C=O) groups excluding carboxylic acids is 1. The van der Waals surface area contributed by atoms with Gasteiger partial charge in [0.15, 0.2) is 9.84 Å². The molecular weight excluding hydrogens is 266 g/mol. The van der Waals surface area contributed by atoms with Crippen LogP contribution in [0.15, 0.2) is 29.2 Å². The maximum atomic E-state index is 11.8. The van der Waals surface area contributed by atoms with Crippen LogP contribution >= 0.6 is 0 Å². The fourth-order valence-corrected chi connectivity index (χ4v) is 2.02. The van der Waals surface area contributed by atoms with E-state index in [1.807, 2.05) is 13.8 Å². The van der Waals surface area contributed by atoms with Crippen LogP contribution in [0.3, 0.4) is 0 Å². The van der Waals surface area contributed by atoms with Crippen LogP contribution in [0.2, 0.25) is 0 Å². The average molecular weight is 285 g/mol. The molecule has 6 heteroatoms. The lowest BCUT2D eigenvalue weighted by atomic mass is 10.1. The Labute approximate surface area is 113 Å². The molecule has 0 saturated heterocycles. The first-order chi connectivity index (χ1) is 8.71. The zero-order chi connectivity index (χ0) is 14.6. The molecule has 0 heterocycles. The number of carbonyl (C=O) groups is 1. The van der Waals surface area contributed by atoms with Gasteiger partial charge in [0.05, 0.1) is 11.0 Å². The topological polar surface area (TPSA) is 83.5 Å². The van der Waals surface area contributed by atoms with Crippen molar-refractivity contribution in [1.82, 2.24) is 5.32 Å². The summed E-state index contributed by atoms with van der Waals surface area (Å²) in [4.78, 5) is 11.9. The normalized spacial score (nSPS) is 13.3. The Balaban J connectivity index is 2.69. The Morgan fingerprint density at radius 1 is 1.26 bits per heavy atom. The predicted molar refractivity (Wildman–Crippen MR) is 72.7 cm³/mol. The van der Waals surface area contributed by atoms with Gasteiger partial charge >= 0.3 is 0 Å². The van der Waals surface area contributed by atoms with Crippen molar-refractivity contribution in [2.45, 2.75) is 24.8 Å². The summed E-state index contributed by atoms with van der Waals surface area (Å²) in [6, 6.07) is 5.69. The highest BCUT2D eigenvalue weighted by molar-refractivity contribution is 7.90. The third kappa shape index (κ3) is 4.65. The van der Waals surface area contributed by atoms with E-state index in [1.54, 1.807) is 0 Å². The van der Waals surface area contributed by atoms with Gasteiger partial charge in [-0.3, -0.25) is 4.79 Å². The molecule has 1 rings (SSSR count). The molecule has 0 aliphatic rings. The van der Waals surface area contributed by atoms with Crippen molar-refractivity contribution in [2.75, 3.05) is 12.8 Å². The fraction of sp³-hybridized carbons (Fsp3) is 0.462. The van der Waals surface area contributed by atoms with Crippen LogP contribution in [0.4, 0.5) is 0 Å². The number of rotatable bonds is 5. The van der Waals surface area contributed by atoms with E-state index < -0.39 is 15.9 Å². The summed E-state index contributed by atoms with van der Waals surface area (Å²) in [5.41, 5.74) is 0.364. The lowest BCUT2D eigenvalue weighted by molar-refractivity contribution is 0.0871.